The first-order valence-electron chi connectivity index (χ1n) is 6.34. The van der Waals surface area contributed by atoms with Gasteiger partial charge in [-0.2, -0.15) is 0 Å². The van der Waals surface area contributed by atoms with Gasteiger partial charge in [0.15, 0.2) is 0 Å². The van der Waals surface area contributed by atoms with Crippen molar-refractivity contribution < 1.29 is 4.39 Å². The summed E-state index contributed by atoms with van der Waals surface area (Å²) in [6, 6.07) is 5.45. The van der Waals surface area contributed by atoms with E-state index in [1.54, 1.807) is 6.07 Å². The van der Waals surface area contributed by atoms with E-state index >= 15 is 0 Å². The average molecular weight is 258 g/mol. The van der Waals surface area contributed by atoms with E-state index < -0.39 is 0 Å². The van der Waals surface area contributed by atoms with Crippen molar-refractivity contribution in [3.8, 4) is 0 Å². The molecule has 0 aliphatic carbocycles. The molecule has 1 N–H and O–H groups in total. The van der Waals surface area contributed by atoms with Crippen LogP contribution in [0.15, 0.2) is 18.2 Å². The minimum absolute atomic E-state index is 0.216. The first-order valence-corrected chi connectivity index (χ1v) is 6.72. The van der Waals surface area contributed by atoms with Gasteiger partial charge in [-0.25, -0.2) is 4.39 Å². The fourth-order valence-electron chi connectivity index (χ4n) is 1.97. The van der Waals surface area contributed by atoms with Crippen LogP contribution in [0.1, 0.15) is 38.7 Å². The maximum Gasteiger partial charge on any atom is 0.141 e. The van der Waals surface area contributed by atoms with E-state index in [1.165, 1.54) is 18.9 Å². The topological polar surface area (TPSA) is 12.0 Å². The Bertz CT molecular complexity index is 341. The predicted molar refractivity (Wildman–Crippen MR) is 72.1 cm³/mol. The summed E-state index contributed by atoms with van der Waals surface area (Å²) in [5.41, 5.74) is 1.10. The Morgan fingerprint density at radius 1 is 1.35 bits per heavy atom. The molecular formula is C14H21ClFN. The zero-order valence-corrected chi connectivity index (χ0v) is 11.4. The van der Waals surface area contributed by atoms with Crippen molar-refractivity contribution in [2.45, 2.75) is 45.6 Å². The maximum absolute atomic E-state index is 13.0. The molecule has 0 saturated heterocycles. The first-order chi connectivity index (χ1) is 8.17. The van der Waals surface area contributed by atoms with Crippen molar-refractivity contribution >= 4 is 11.6 Å². The van der Waals surface area contributed by atoms with Crippen molar-refractivity contribution in [2.24, 2.45) is 0 Å². The SMILES string of the molecule is CCCCC(Cc1ccc(F)c(Cl)c1)NCC. The highest BCUT2D eigenvalue weighted by molar-refractivity contribution is 6.30. The lowest BCUT2D eigenvalue weighted by Gasteiger charge is -2.17. The molecule has 1 aromatic carbocycles. The van der Waals surface area contributed by atoms with Gasteiger partial charge in [0.25, 0.3) is 0 Å². The molecule has 1 aromatic rings. The van der Waals surface area contributed by atoms with Crippen LogP contribution in [0.25, 0.3) is 0 Å². The number of rotatable bonds is 7. The van der Waals surface area contributed by atoms with Gasteiger partial charge >= 0.3 is 0 Å². The Morgan fingerprint density at radius 2 is 2.12 bits per heavy atom. The fraction of sp³-hybridized carbons (Fsp3) is 0.571. The zero-order chi connectivity index (χ0) is 12.7. The van der Waals surface area contributed by atoms with Gasteiger partial charge < -0.3 is 5.32 Å². The summed E-state index contributed by atoms with van der Waals surface area (Å²) in [5.74, 6) is -0.344. The Labute approximate surface area is 108 Å². The highest BCUT2D eigenvalue weighted by atomic mass is 35.5. The van der Waals surface area contributed by atoms with E-state index in [2.05, 4.69) is 19.2 Å². The van der Waals surface area contributed by atoms with E-state index in [-0.39, 0.29) is 10.8 Å². The van der Waals surface area contributed by atoms with Crippen molar-refractivity contribution in [1.29, 1.82) is 0 Å². The molecule has 1 unspecified atom stereocenters. The summed E-state index contributed by atoms with van der Waals surface area (Å²) in [7, 11) is 0. The lowest BCUT2D eigenvalue weighted by Crippen LogP contribution is -2.30. The van der Waals surface area contributed by atoms with E-state index in [4.69, 9.17) is 11.6 Å². The Balaban J connectivity index is 2.61. The number of unbranched alkanes of at least 4 members (excludes halogenated alkanes) is 1. The van der Waals surface area contributed by atoms with Gasteiger partial charge in [0, 0.05) is 6.04 Å². The van der Waals surface area contributed by atoms with Gasteiger partial charge in [-0.15, -0.1) is 0 Å². The number of benzene rings is 1. The molecule has 0 amide bonds. The third-order valence-electron chi connectivity index (χ3n) is 2.87. The second-order valence-electron chi connectivity index (χ2n) is 4.35. The number of halogens is 2. The summed E-state index contributed by atoms with van der Waals surface area (Å²) in [4.78, 5) is 0. The maximum atomic E-state index is 13.0. The molecule has 96 valence electrons. The summed E-state index contributed by atoms with van der Waals surface area (Å²) in [6.45, 7) is 5.26. The highest BCUT2D eigenvalue weighted by Gasteiger charge is 2.09. The molecule has 0 bridgehead atoms. The third-order valence-corrected chi connectivity index (χ3v) is 3.15. The minimum Gasteiger partial charge on any atom is -0.314 e. The molecule has 0 saturated carbocycles. The second kappa shape index (κ2) is 7.67. The molecule has 0 fully saturated rings. The van der Waals surface area contributed by atoms with Crippen molar-refractivity contribution in [1.82, 2.24) is 5.32 Å². The molecule has 0 radical (unpaired) electrons. The number of nitrogens with one attached hydrogen (secondary N) is 1. The average Bonchev–Trinajstić information content (AvgIpc) is 2.31. The van der Waals surface area contributed by atoms with Gasteiger partial charge in [-0.3, -0.25) is 0 Å². The molecule has 1 rings (SSSR count). The van der Waals surface area contributed by atoms with Crippen LogP contribution >= 0.6 is 11.6 Å². The second-order valence-corrected chi connectivity index (χ2v) is 4.76. The third kappa shape index (κ3) is 5.05. The Morgan fingerprint density at radius 3 is 2.71 bits per heavy atom. The first kappa shape index (κ1) is 14.5. The molecule has 0 heterocycles. The summed E-state index contributed by atoms with van der Waals surface area (Å²) in [6.07, 6.45) is 4.48. The normalized spacial score (nSPS) is 12.7. The van der Waals surface area contributed by atoms with Crippen LogP contribution in [0.5, 0.6) is 0 Å². The van der Waals surface area contributed by atoms with Crippen molar-refractivity contribution in [2.75, 3.05) is 6.54 Å². The Kier molecular flexibility index (Phi) is 6.53. The number of hydrogen-bond donors (Lipinski definition) is 1. The number of hydrogen-bond acceptors (Lipinski definition) is 1. The Hall–Kier alpha value is -0.600. The van der Waals surface area contributed by atoms with Gasteiger partial charge in [-0.05, 0) is 37.1 Å². The molecule has 0 aromatic heterocycles. The van der Waals surface area contributed by atoms with Crippen LogP contribution in [-0.2, 0) is 6.42 Å². The number of likely N-dealkylation sites (N-methyl/N-ethyl adjacent to an activating group) is 1. The lowest BCUT2D eigenvalue weighted by atomic mass is 10.0. The van der Waals surface area contributed by atoms with E-state index in [1.807, 2.05) is 6.07 Å². The van der Waals surface area contributed by atoms with Crippen LogP contribution in [0.2, 0.25) is 5.02 Å². The van der Waals surface area contributed by atoms with Gasteiger partial charge in [-0.1, -0.05) is 44.4 Å². The lowest BCUT2D eigenvalue weighted by molar-refractivity contribution is 0.473. The summed E-state index contributed by atoms with van der Waals surface area (Å²) < 4.78 is 13.0. The van der Waals surface area contributed by atoms with Crippen molar-refractivity contribution in [3.05, 3.63) is 34.6 Å². The van der Waals surface area contributed by atoms with E-state index in [0.717, 1.165) is 24.9 Å². The molecule has 0 aliphatic rings. The van der Waals surface area contributed by atoms with Crippen LogP contribution in [0.4, 0.5) is 4.39 Å². The van der Waals surface area contributed by atoms with Gasteiger partial charge in [0.05, 0.1) is 5.02 Å². The molecule has 1 nitrogen and oxygen atoms in total. The van der Waals surface area contributed by atoms with Crippen LogP contribution < -0.4 is 5.32 Å². The quantitative estimate of drug-likeness (QED) is 0.772. The molecule has 3 heteroatoms. The van der Waals surface area contributed by atoms with Gasteiger partial charge in [0.2, 0.25) is 0 Å². The smallest absolute Gasteiger partial charge is 0.141 e. The van der Waals surface area contributed by atoms with Crippen LogP contribution in [0.3, 0.4) is 0 Å². The highest BCUT2D eigenvalue weighted by Crippen LogP contribution is 2.18. The van der Waals surface area contributed by atoms with Crippen molar-refractivity contribution in [3.63, 3.8) is 0 Å². The molecular weight excluding hydrogens is 237 g/mol. The molecule has 1 atom stereocenters. The van der Waals surface area contributed by atoms with Gasteiger partial charge in [0.1, 0.15) is 5.82 Å². The molecule has 0 spiro atoms. The van der Waals surface area contributed by atoms with E-state index in [9.17, 15) is 4.39 Å². The summed E-state index contributed by atoms with van der Waals surface area (Å²) in [5, 5.41) is 3.68. The van der Waals surface area contributed by atoms with Crippen LogP contribution in [-0.4, -0.2) is 12.6 Å². The molecule has 0 aliphatic heterocycles. The largest absolute Gasteiger partial charge is 0.314 e. The predicted octanol–water partition coefficient (Wildman–Crippen LogP) is 4.19. The fourth-order valence-corrected chi connectivity index (χ4v) is 2.17. The molecule has 17 heavy (non-hydrogen) atoms. The monoisotopic (exact) mass is 257 g/mol. The zero-order valence-electron chi connectivity index (χ0n) is 10.6. The summed E-state index contributed by atoms with van der Waals surface area (Å²) >= 11 is 5.78. The standard InChI is InChI=1S/C14H21ClFN/c1-3-5-6-12(17-4-2)9-11-7-8-14(16)13(15)10-11/h7-8,10,12,17H,3-6,9H2,1-2H3. The van der Waals surface area contributed by atoms with E-state index in [0.29, 0.717) is 6.04 Å². The minimum atomic E-state index is -0.344. The van der Waals surface area contributed by atoms with Crippen LogP contribution in [0, 0.1) is 5.82 Å².